The van der Waals surface area contributed by atoms with Crippen molar-refractivity contribution in [3.8, 4) is 0 Å². The molecule has 0 aliphatic carbocycles. The van der Waals surface area contributed by atoms with Crippen molar-refractivity contribution in [1.82, 2.24) is 4.90 Å². The van der Waals surface area contributed by atoms with Crippen LogP contribution in [0, 0.1) is 0 Å². The van der Waals surface area contributed by atoms with E-state index in [2.05, 4.69) is 38.6 Å². The smallest absolute Gasteiger partial charge is 0.158 e. The lowest BCUT2D eigenvalue weighted by Crippen LogP contribution is -2.35. The van der Waals surface area contributed by atoms with Crippen LogP contribution in [0.15, 0.2) is 39.2 Å². The highest BCUT2D eigenvalue weighted by molar-refractivity contribution is 7.08. The van der Waals surface area contributed by atoms with E-state index in [0.29, 0.717) is 0 Å². The minimum Gasteiger partial charge on any atom is -0.353 e. The van der Waals surface area contributed by atoms with Gasteiger partial charge in [-0.2, -0.15) is 22.7 Å². The first-order valence-electron chi connectivity index (χ1n) is 9.13. The maximum atomic E-state index is 5.67. The Labute approximate surface area is 157 Å². The van der Waals surface area contributed by atoms with Gasteiger partial charge in [0.25, 0.3) is 0 Å². The third-order valence-corrected chi connectivity index (χ3v) is 6.38. The number of hydrogen-bond donors (Lipinski definition) is 0. The molecule has 0 atom stereocenters. The van der Waals surface area contributed by atoms with Gasteiger partial charge in [-0.25, -0.2) is 0 Å². The zero-order chi connectivity index (χ0) is 16.9. The summed E-state index contributed by atoms with van der Waals surface area (Å²) in [6, 6.07) is 4.52. The fourth-order valence-corrected chi connectivity index (χ4v) is 4.97. The van der Waals surface area contributed by atoms with Crippen LogP contribution >= 0.6 is 22.7 Å². The third-order valence-electron chi connectivity index (χ3n) is 5.01. The van der Waals surface area contributed by atoms with Crippen molar-refractivity contribution in [2.75, 3.05) is 32.8 Å². The summed E-state index contributed by atoms with van der Waals surface area (Å²) in [5, 5.41) is 8.93. The average molecular weight is 376 g/mol. The molecule has 5 heteroatoms. The second-order valence-electron chi connectivity index (χ2n) is 6.66. The topological polar surface area (TPSA) is 21.7 Å². The van der Waals surface area contributed by atoms with E-state index >= 15 is 0 Å². The molecule has 4 rings (SSSR count). The van der Waals surface area contributed by atoms with Gasteiger partial charge in [0.2, 0.25) is 0 Å². The Morgan fingerprint density at radius 1 is 1.00 bits per heavy atom. The molecule has 0 bridgehead atoms. The Kier molecular flexibility index (Phi) is 6.00. The molecule has 4 heterocycles. The standard InChI is InChI=1S/C20H25NO2S2/c1-10-22-19(23-11-1)4-9-21-7-2-16(3-8-21)20(17-5-12-24-14-17)18-6-13-25-15-18/h5-6,12-15,19H,1-4,7-11H2. The van der Waals surface area contributed by atoms with E-state index in [9.17, 15) is 0 Å². The van der Waals surface area contributed by atoms with Gasteiger partial charge in [0.1, 0.15) is 0 Å². The summed E-state index contributed by atoms with van der Waals surface area (Å²) >= 11 is 3.57. The van der Waals surface area contributed by atoms with Gasteiger partial charge in [0.05, 0.1) is 13.2 Å². The van der Waals surface area contributed by atoms with Crippen molar-refractivity contribution >= 4 is 28.2 Å². The second-order valence-corrected chi connectivity index (χ2v) is 8.22. The molecule has 2 aromatic rings. The number of hydrogen-bond acceptors (Lipinski definition) is 5. The molecule has 0 amide bonds. The highest BCUT2D eigenvalue weighted by Crippen LogP contribution is 2.34. The maximum absolute atomic E-state index is 5.67. The van der Waals surface area contributed by atoms with Gasteiger partial charge in [-0.1, -0.05) is 5.57 Å². The van der Waals surface area contributed by atoms with Crippen LogP contribution in [0.4, 0.5) is 0 Å². The first-order valence-corrected chi connectivity index (χ1v) is 11.0. The fraction of sp³-hybridized carbons (Fsp3) is 0.500. The van der Waals surface area contributed by atoms with Crippen molar-refractivity contribution in [3.63, 3.8) is 0 Å². The Hall–Kier alpha value is -0.980. The Morgan fingerprint density at radius 3 is 2.20 bits per heavy atom. The molecule has 0 N–H and O–H groups in total. The van der Waals surface area contributed by atoms with Crippen molar-refractivity contribution in [3.05, 3.63) is 50.4 Å². The molecule has 0 radical (unpaired) electrons. The molecule has 2 aliphatic heterocycles. The molecule has 2 fully saturated rings. The minimum atomic E-state index is 0.0119. The van der Waals surface area contributed by atoms with E-state index in [4.69, 9.17) is 9.47 Å². The Bertz CT molecular complexity index is 626. The van der Waals surface area contributed by atoms with Crippen LogP contribution in [0.2, 0.25) is 0 Å². The summed E-state index contributed by atoms with van der Waals surface area (Å²) in [6.07, 6.45) is 4.35. The molecular weight excluding hydrogens is 350 g/mol. The van der Waals surface area contributed by atoms with E-state index in [1.807, 2.05) is 0 Å². The zero-order valence-electron chi connectivity index (χ0n) is 14.5. The number of likely N-dealkylation sites (tertiary alicyclic amines) is 1. The summed E-state index contributed by atoms with van der Waals surface area (Å²) in [5.74, 6) is 0. The number of nitrogens with zero attached hydrogens (tertiary/aromatic N) is 1. The van der Waals surface area contributed by atoms with E-state index in [1.165, 1.54) is 16.7 Å². The SMILES string of the molecule is c1cc(C(=C2CCN(CCC3OCCCO3)CC2)c2ccsc2)cs1. The molecule has 2 aliphatic rings. The number of rotatable bonds is 5. The average Bonchev–Trinajstić information content (AvgIpc) is 3.37. The molecular formula is C20H25NO2S2. The predicted octanol–water partition coefficient (Wildman–Crippen LogP) is 4.86. The van der Waals surface area contributed by atoms with Crippen LogP contribution in [0.1, 0.15) is 36.8 Å². The van der Waals surface area contributed by atoms with Crippen LogP contribution in [0.5, 0.6) is 0 Å². The van der Waals surface area contributed by atoms with Gasteiger partial charge in [0, 0.05) is 26.1 Å². The second kappa shape index (κ2) is 8.60. The van der Waals surface area contributed by atoms with Gasteiger partial charge in [0.15, 0.2) is 6.29 Å². The molecule has 0 saturated carbocycles. The molecule has 0 unspecified atom stereocenters. The van der Waals surface area contributed by atoms with Gasteiger partial charge >= 0.3 is 0 Å². The summed E-state index contributed by atoms with van der Waals surface area (Å²) in [4.78, 5) is 2.56. The lowest BCUT2D eigenvalue weighted by Gasteiger charge is -2.31. The van der Waals surface area contributed by atoms with E-state index in [-0.39, 0.29) is 6.29 Å². The highest BCUT2D eigenvalue weighted by atomic mass is 32.1. The van der Waals surface area contributed by atoms with Gasteiger partial charge < -0.3 is 14.4 Å². The van der Waals surface area contributed by atoms with Crippen LogP contribution in [-0.4, -0.2) is 44.0 Å². The Morgan fingerprint density at radius 2 is 1.64 bits per heavy atom. The van der Waals surface area contributed by atoms with Gasteiger partial charge in [-0.15, -0.1) is 0 Å². The third kappa shape index (κ3) is 4.41. The van der Waals surface area contributed by atoms with Crippen molar-refractivity contribution in [2.45, 2.75) is 32.0 Å². The largest absolute Gasteiger partial charge is 0.353 e. The van der Waals surface area contributed by atoms with Crippen molar-refractivity contribution in [2.24, 2.45) is 0 Å². The number of piperidine rings is 1. The van der Waals surface area contributed by atoms with Crippen LogP contribution in [-0.2, 0) is 9.47 Å². The summed E-state index contributed by atoms with van der Waals surface area (Å²) < 4.78 is 11.3. The molecule has 2 saturated heterocycles. The zero-order valence-corrected chi connectivity index (χ0v) is 16.1. The summed E-state index contributed by atoms with van der Waals surface area (Å²) in [6.45, 7) is 5.05. The quantitative estimate of drug-likeness (QED) is 0.745. The maximum Gasteiger partial charge on any atom is 0.158 e. The minimum absolute atomic E-state index is 0.0119. The molecule has 0 spiro atoms. The summed E-state index contributed by atoms with van der Waals surface area (Å²) in [7, 11) is 0. The lowest BCUT2D eigenvalue weighted by molar-refractivity contribution is -0.182. The molecule has 2 aromatic heterocycles. The van der Waals surface area contributed by atoms with Gasteiger partial charge in [-0.3, -0.25) is 0 Å². The van der Waals surface area contributed by atoms with Crippen LogP contribution in [0.25, 0.3) is 5.57 Å². The number of thiophene rings is 2. The van der Waals surface area contributed by atoms with Crippen LogP contribution < -0.4 is 0 Å². The summed E-state index contributed by atoms with van der Waals surface area (Å²) in [5.41, 5.74) is 5.85. The van der Waals surface area contributed by atoms with Gasteiger partial charge in [-0.05, 0) is 69.6 Å². The highest BCUT2D eigenvalue weighted by Gasteiger charge is 2.21. The molecule has 0 aromatic carbocycles. The van der Waals surface area contributed by atoms with Crippen molar-refractivity contribution in [1.29, 1.82) is 0 Å². The lowest BCUT2D eigenvalue weighted by atomic mass is 9.91. The predicted molar refractivity (Wildman–Crippen MR) is 105 cm³/mol. The number of ether oxygens (including phenoxy) is 2. The molecule has 25 heavy (non-hydrogen) atoms. The first-order chi connectivity index (χ1) is 12.4. The first kappa shape index (κ1) is 17.4. The monoisotopic (exact) mass is 375 g/mol. The van der Waals surface area contributed by atoms with Crippen LogP contribution in [0.3, 0.4) is 0 Å². The normalized spacial score (nSPS) is 20.1. The molecule has 3 nitrogen and oxygen atoms in total. The molecule has 134 valence electrons. The van der Waals surface area contributed by atoms with Crippen molar-refractivity contribution < 1.29 is 9.47 Å². The van der Waals surface area contributed by atoms with E-state index < -0.39 is 0 Å². The Balaban J connectivity index is 1.39. The fourth-order valence-electron chi connectivity index (χ4n) is 3.68. The van der Waals surface area contributed by atoms with E-state index in [0.717, 1.165) is 58.5 Å². The van der Waals surface area contributed by atoms with E-state index in [1.54, 1.807) is 28.2 Å².